The number of nitrogens with zero attached hydrogens (tertiary/aromatic N) is 1. The van der Waals surface area contributed by atoms with Gasteiger partial charge in [-0.1, -0.05) is 23.7 Å². The average Bonchev–Trinajstić information content (AvgIpc) is 2.33. The van der Waals surface area contributed by atoms with Gasteiger partial charge in [0.25, 0.3) is 0 Å². The molecule has 4 heteroatoms. The van der Waals surface area contributed by atoms with Gasteiger partial charge in [-0.05, 0) is 43.0 Å². The molecule has 0 aliphatic heterocycles. The van der Waals surface area contributed by atoms with Gasteiger partial charge < -0.3 is 10.0 Å². The molecule has 102 valence electrons. The van der Waals surface area contributed by atoms with Gasteiger partial charge in [0.2, 0.25) is 5.91 Å². The monoisotopic (exact) mass is 279 g/mol. The van der Waals surface area contributed by atoms with Crippen LogP contribution in [-0.4, -0.2) is 35.1 Å². The van der Waals surface area contributed by atoms with Crippen molar-refractivity contribution in [2.24, 2.45) is 0 Å². The van der Waals surface area contributed by atoms with Gasteiger partial charge in [0.05, 0.1) is 6.61 Å². The lowest BCUT2D eigenvalue weighted by Crippen LogP contribution is -2.44. The molecule has 1 saturated carbocycles. The van der Waals surface area contributed by atoms with Gasteiger partial charge in [-0.25, -0.2) is 0 Å². The van der Waals surface area contributed by atoms with Gasteiger partial charge in [0, 0.05) is 23.7 Å². The predicted octanol–water partition coefficient (Wildman–Crippen LogP) is 2.73. The van der Waals surface area contributed by atoms with E-state index in [0.717, 1.165) is 24.8 Å². The highest BCUT2D eigenvalue weighted by molar-refractivity contribution is 6.30. The van der Waals surface area contributed by atoms with Gasteiger partial charge in [-0.2, -0.15) is 0 Å². The fraction of sp³-hybridized carbons (Fsp3) is 0.400. The van der Waals surface area contributed by atoms with E-state index in [1.54, 1.807) is 23.1 Å². The summed E-state index contributed by atoms with van der Waals surface area (Å²) in [6.45, 7) is 0.413. The van der Waals surface area contributed by atoms with Crippen molar-refractivity contribution in [3.63, 3.8) is 0 Å². The highest BCUT2D eigenvalue weighted by Crippen LogP contribution is 2.25. The number of carbonyl (C=O) groups is 1. The summed E-state index contributed by atoms with van der Waals surface area (Å²) < 4.78 is 0. The molecule has 3 nitrogen and oxygen atoms in total. The van der Waals surface area contributed by atoms with E-state index in [0.29, 0.717) is 17.6 Å². The summed E-state index contributed by atoms with van der Waals surface area (Å²) >= 11 is 5.89. The third kappa shape index (κ3) is 3.82. The van der Waals surface area contributed by atoms with Gasteiger partial charge >= 0.3 is 0 Å². The van der Waals surface area contributed by atoms with E-state index in [-0.39, 0.29) is 12.5 Å². The zero-order chi connectivity index (χ0) is 13.7. The lowest BCUT2D eigenvalue weighted by Gasteiger charge is -2.36. The summed E-state index contributed by atoms with van der Waals surface area (Å²) in [7, 11) is 0. The van der Waals surface area contributed by atoms with Crippen molar-refractivity contribution in [3.8, 4) is 0 Å². The Kier molecular flexibility index (Phi) is 5.00. The number of hydrogen-bond acceptors (Lipinski definition) is 2. The van der Waals surface area contributed by atoms with Crippen LogP contribution in [0.4, 0.5) is 0 Å². The first-order valence-corrected chi connectivity index (χ1v) is 6.93. The first kappa shape index (κ1) is 14.1. The molecule has 19 heavy (non-hydrogen) atoms. The Morgan fingerprint density at radius 3 is 2.84 bits per heavy atom. The molecule has 0 aromatic heterocycles. The van der Waals surface area contributed by atoms with E-state index >= 15 is 0 Å². The van der Waals surface area contributed by atoms with Crippen LogP contribution in [0.15, 0.2) is 30.3 Å². The molecule has 0 radical (unpaired) electrons. The summed E-state index contributed by atoms with van der Waals surface area (Å²) in [5.74, 6) is -0.0428. The molecule has 1 aromatic carbocycles. The predicted molar refractivity (Wildman–Crippen MR) is 76.9 cm³/mol. The van der Waals surface area contributed by atoms with Crippen molar-refractivity contribution in [2.75, 3.05) is 13.2 Å². The summed E-state index contributed by atoms with van der Waals surface area (Å²) in [4.78, 5) is 13.9. The molecule has 0 bridgehead atoms. The van der Waals surface area contributed by atoms with Crippen LogP contribution in [0.2, 0.25) is 5.02 Å². The average molecular weight is 280 g/mol. The molecule has 1 aliphatic rings. The van der Waals surface area contributed by atoms with Crippen LogP contribution in [0.1, 0.15) is 24.8 Å². The molecule has 1 fully saturated rings. The molecule has 0 unspecified atom stereocenters. The van der Waals surface area contributed by atoms with Crippen LogP contribution >= 0.6 is 11.6 Å². The second kappa shape index (κ2) is 6.73. The Bertz CT molecular complexity index is 469. The Morgan fingerprint density at radius 2 is 2.26 bits per heavy atom. The minimum atomic E-state index is -0.0428. The van der Waals surface area contributed by atoms with Crippen LogP contribution in [0.5, 0.6) is 0 Å². The normalized spacial score (nSPS) is 15.5. The zero-order valence-corrected chi connectivity index (χ0v) is 11.5. The molecule has 0 atom stereocenters. The fourth-order valence-electron chi connectivity index (χ4n) is 2.15. The second-order valence-electron chi connectivity index (χ2n) is 4.73. The molecular formula is C15H18ClNO2. The summed E-state index contributed by atoms with van der Waals surface area (Å²) in [6, 6.07) is 7.65. The molecule has 2 rings (SSSR count). The van der Waals surface area contributed by atoms with Crippen LogP contribution in [0.25, 0.3) is 6.08 Å². The molecule has 1 aliphatic carbocycles. The molecule has 1 amide bonds. The van der Waals surface area contributed by atoms with Crippen molar-refractivity contribution >= 4 is 23.6 Å². The molecule has 0 saturated heterocycles. The second-order valence-corrected chi connectivity index (χ2v) is 5.16. The van der Waals surface area contributed by atoms with Crippen molar-refractivity contribution < 1.29 is 9.90 Å². The Morgan fingerprint density at radius 1 is 1.47 bits per heavy atom. The molecule has 0 spiro atoms. The molecular weight excluding hydrogens is 262 g/mol. The lowest BCUT2D eigenvalue weighted by atomic mass is 9.91. The van der Waals surface area contributed by atoms with Crippen molar-refractivity contribution in [3.05, 3.63) is 40.9 Å². The largest absolute Gasteiger partial charge is 0.395 e. The van der Waals surface area contributed by atoms with E-state index in [2.05, 4.69) is 0 Å². The quantitative estimate of drug-likeness (QED) is 0.842. The topological polar surface area (TPSA) is 40.5 Å². The summed E-state index contributed by atoms with van der Waals surface area (Å²) in [6.07, 6.45) is 6.56. The zero-order valence-electron chi connectivity index (χ0n) is 10.8. The maximum absolute atomic E-state index is 12.1. The van der Waals surface area contributed by atoms with E-state index in [1.807, 2.05) is 18.2 Å². The minimum Gasteiger partial charge on any atom is -0.395 e. The highest BCUT2D eigenvalue weighted by atomic mass is 35.5. The van der Waals surface area contributed by atoms with Gasteiger partial charge in [0.15, 0.2) is 0 Å². The highest BCUT2D eigenvalue weighted by Gasteiger charge is 2.26. The van der Waals surface area contributed by atoms with Crippen LogP contribution in [0.3, 0.4) is 0 Å². The number of halogens is 1. The summed E-state index contributed by atoms with van der Waals surface area (Å²) in [5, 5.41) is 9.69. The van der Waals surface area contributed by atoms with E-state index in [9.17, 15) is 4.79 Å². The Labute approximate surface area is 118 Å². The fourth-order valence-corrected chi connectivity index (χ4v) is 2.35. The van der Waals surface area contributed by atoms with E-state index < -0.39 is 0 Å². The smallest absolute Gasteiger partial charge is 0.246 e. The van der Waals surface area contributed by atoms with Gasteiger partial charge in [0.1, 0.15) is 0 Å². The number of aliphatic hydroxyl groups is 1. The Balaban J connectivity index is 2.01. The van der Waals surface area contributed by atoms with Gasteiger partial charge in [-0.3, -0.25) is 4.79 Å². The van der Waals surface area contributed by atoms with Crippen LogP contribution in [0, 0.1) is 0 Å². The maximum Gasteiger partial charge on any atom is 0.246 e. The van der Waals surface area contributed by atoms with E-state index in [1.165, 1.54) is 0 Å². The third-order valence-corrected chi connectivity index (χ3v) is 3.64. The van der Waals surface area contributed by atoms with Gasteiger partial charge in [-0.15, -0.1) is 0 Å². The number of benzene rings is 1. The Hall–Kier alpha value is -1.32. The van der Waals surface area contributed by atoms with Crippen LogP contribution < -0.4 is 0 Å². The first-order chi connectivity index (χ1) is 9.20. The maximum atomic E-state index is 12.1. The number of carbonyl (C=O) groups excluding carboxylic acids is 1. The van der Waals surface area contributed by atoms with E-state index in [4.69, 9.17) is 16.7 Å². The SMILES string of the molecule is O=C(/C=C/c1cccc(Cl)c1)N(CCO)C1CCC1. The van der Waals surface area contributed by atoms with Crippen LogP contribution in [-0.2, 0) is 4.79 Å². The number of rotatable bonds is 5. The molecule has 1 N–H and O–H groups in total. The standard InChI is InChI=1S/C15H18ClNO2/c16-13-4-1-3-12(11-13)7-8-15(19)17(9-10-18)14-5-2-6-14/h1,3-4,7-8,11,14,18H,2,5-6,9-10H2/b8-7+. The molecule has 0 heterocycles. The van der Waals surface area contributed by atoms with Crippen molar-refractivity contribution in [2.45, 2.75) is 25.3 Å². The third-order valence-electron chi connectivity index (χ3n) is 3.41. The number of amides is 1. The first-order valence-electron chi connectivity index (χ1n) is 6.56. The minimum absolute atomic E-state index is 0.00719. The molecule has 1 aromatic rings. The van der Waals surface area contributed by atoms with Crippen molar-refractivity contribution in [1.82, 2.24) is 4.90 Å². The number of hydrogen-bond donors (Lipinski definition) is 1. The lowest BCUT2D eigenvalue weighted by molar-refractivity contribution is -0.130. The number of aliphatic hydroxyl groups excluding tert-OH is 1. The summed E-state index contributed by atoms with van der Waals surface area (Å²) in [5.41, 5.74) is 0.901. The van der Waals surface area contributed by atoms with Crippen molar-refractivity contribution in [1.29, 1.82) is 0 Å².